The highest BCUT2D eigenvalue weighted by molar-refractivity contribution is 8.15. The summed E-state index contributed by atoms with van der Waals surface area (Å²) in [4.78, 5) is 13.5. The smallest absolute Gasteiger partial charge is 0.243 e. The predicted octanol–water partition coefficient (Wildman–Crippen LogP) is 3.74. The van der Waals surface area contributed by atoms with Gasteiger partial charge in [0.05, 0.1) is 11.4 Å². The Balaban J connectivity index is 2.01. The van der Waals surface area contributed by atoms with E-state index < -0.39 is 0 Å². The second kappa shape index (κ2) is 5.93. The van der Waals surface area contributed by atoms with Gasteiger partial charge in [-0.3, -0.25) is 15.1 Å². The van der Waals surface area contributed by atoms with E-state index in [4.69, 9.17) is 5.41 Å². The molecule has 1 saturated heterocycles. The van der Waals surface area contributed by atoms with Crippen molar-refractivity contribution in [3.05, 3.63) is 65.0 Å². The molecule has 0 atom stereocenters. The van der Waals surface area contributed by atoms with Crippen LogP contribution in [-0.2, 0) is 11.2 Å². The molecule has 0 saturated carbocycles. The van der Waals surface area contributed by atoms with Gasteiger partial charge in [0.15, 0.2) is 5.17 Å². The van der Waals surface area contributed by atoms with Crippen LogP contribution in [-0.4, -0.2) is 16.8 Å². The van der Waals surface area contributed by atoms with Gasteiger partial charge in [-0.25, -0.2) is 4.39 Å². The maximum atomic E-state index is 13.4. The molecule has 1 fully saturated rings. The second-order valence-electron chi connectivity index (χ2n) is 5.26. The molecule has 0 aliphatic carbocycles. The number of amidine groups is 1. The van der Waals surface area contributed by atoms with Crippen LogP contribution in [0.1, 0.15) is 16.7 Å². The molecule has 5 heteroatoms. The van der Waals surface area contributed by atoms with Crippen molar-refractivity contribution < 1.29 is 9.18 Å². The van der Waals surface area contributed by atoms with Crippen LogP contribution in [0.5, 0.6) is 0 Å². The van der Waals surface area contributed by atoms with Crippen molar-refractivity contribution in [2.24, 2.45) is 0 Å². The fourth-order valence-electron chi connectivity index (χ4n) is 2.51. The van der Waals surface area contributed by atoms with Crippen molar-refractivity contribution in [1.29, 1.82) is 5.41 Å². The van der Waals surface area contributed by atoms with E-state index in [9.17, 15) is 9.18 Å². The van der Waals surface area contributed by atoms with Gasteiger partial charge in [0.2, 0.25) is 5.91 Å². The first-order valence-corrected chi connectivity index (χ1v) is 7.91. The van der Waals surface area contributed by atoms with Gasteiger partial charge in [0, 0.05) is 0 Å². The van der Waals surface area contributed by atoms with E-state index in [0.717, 1.165) is 22.4 Å². The number of carbonyl (C=O) groups is 1. The molecule has 3 nitrogen and oxygen atoms in total. The summed E-state index contributed by atoms with van der Waals surface area (Å²) < 4.78 is 13.4. The molecule has 112 valence electrons. The molecule has 1 aliphatic rings. The van der Waals surface area contributed by atoms with Crippen LogP contribution in [0.3, 0.4) is 0 Å². The number of anilines is 1. The number of hydrogen-bond donors (Lipinski definition) is 1. The third-order valence-electron chi connectivity index (χ3n) is 3.55. The first-order chi connectivity index (χ1) is 10.5. The fraction of sp³-hybridized carbons (Fsp3) is 0.176. The number of carbonyl (C=O) groups excluding carboxylic acids is 1. The van der Waals surface area contributed by atoms with Crippen molar-refractivity contribution in [2.45, 2.75) is 13.3 Å². The van der Waals surface area contributed by atoms with E-state index in [1.54, 1.807) is 6.07 Å². The number of halogens is 1. The minimum absolute atomic E-state index is 0.0823. The zero-order valence-electron chi connectivity index (χ0n) is 12.1. The number of nitrogens with one attached hydrogen (secondary N) is 1. The molecule has 1 N–H and O–H groups in total. The SMILES string of the molecule is Cc1ccc(Cc2cccc(F)c2)c(N2C(=N)SCC2=O)c1. The van der Waals surface area contributed by atoms with Crippen LogP contribution in [0.4, 0.5) is 10.1 Å². The lowest BCUT2D eigenvalue weighted by Crippen LogP contribution is -2.29. The molecular formula is C17H15FN2OS. The van der Waals surface area contributed by atoms with Crippen molar-refractivity contribution >= 4 is 28.5 Å². The number of thioether (sulfide) groups is 1. The Morgan fingerprint density at radius 1 is 1.27 bits per heavy atom. The Hall–Kier alpha value is -2.14. The highest BCUT2D eigenvalue weighted by atomic mass is 32.2. The minimum Gasteiger partial charge on any atom is -0.278 e. The molecule has 2 aromatic carbocycles. The highest BCUT2D eigenvalue weighted by Gasteiger charge is 2.29. The van der Waals surface area contributed by atoms with E-state index in [1.165, 1.54) is 28.8 Å². The Bertz CT molecular complexity index is 744. The minimum atomic E-state index is -0.272. The Morgan fingerprint density at radius 3 is 2.77 bits per heavy atom. The standard InChI is InChI=1S/C17H15FN2OS/c1-11-5-6-13(8-12-3-2-4-14(18)9-12)15(7-11)20-16(21)10-22-17(20)19/h2-7,9,19H,8,10H2,1H3. The summed E-state index contributed by atoms with van der Waals surface area (Å²) in [6.45, 7) is 1.95. The van der Waals surface area contributed by atoms with Crippen LogP contribution < -0.4 is 4.90 Å². The number of hydrogen-bond acceptors (Lipinski definition) is 3. The van der Waals surface area contributed by atoms with Crippen LogP contribution >= 0.6 is 11.8 Å². The first kappa shape index (κ1) is 14.8. The summed E-state index contributed by atoms with van der Waals surface area (Å²) in [5.74, 6) is -0.0561. The van der Waals surface area contributed by atoms with Crippen molar-refractivity contribution in [3.63, 3.8) is 0 Å². The van der Waals surface area contributed by atoms with Crippen molar-refractivity contribution in [3.8, 4) is 0 Å². The lowest BCUT2D eigenvalue weighted by atomic mass is 10.0. The fourth-order valence-corrected chi connectivity index (χ4v) is 3.23. The predicted molar refractivity (Wildman–Crippen MR) is 88.1 cm³/mol. The van der Waals surface area contributed by atoms with Gasteiger partial charge in [-0.2, -0.15) is 0 Å². The van der Waals surface area contributed by atoms with E-state index in [1.807, 2.05) is 31.2 Å². The maximum absolute atomic E-state index is 13.4. The summed E-state index contributed by atoms with van der Waals surface area (Å²) >= 11 is 1.23. The number of amides is 1. The number of benzene rings is 2. The van der Waals surface area contributed by atoms with Crippen molar-refractivity contribution in [2.75, 3.05) is 10.7 Å². The summed E-state index contributed by atoms with van der Waals surface area (Å²) in [5, 5.41) is 8.21. The molecule has 2 aromatic rings. The van der Waals surface area contributed by atoms with E-state index >= 15 is 0 Å². The molecule has 1 aliphatic heterocycles. The molecule has 0 unspecified atom stereocenters. The molecule has 0 bridgehead atoms. The second-order valence-corrected chi connectivity index (χ2v) is 6.23. The normalized spacial score (nSPS) is 14.7. The zero-order chi connectivity index (χ0) is 15.7. The molecule has 0 radical (unpaired) electrons. The first-order valence-electron chi connectivity index (χ1n) is 6.93. The molecule has 1 amide bonds. The number of aryl methyl sites for hydroxylation is 1. The highest BCUT2D eigenvalue weighted by Crippen LogP contribution is 2.31. The van der Waals surface area contributed by atoms with E-state index in [2.05, 4.69) is 0 Å². The molecule has 1 heterocycles. The van der Waals surface area contributed by atoms with Gasteiger partial charge in [-0.15, -0.1) is 0 Å². The number of nitrogens with zero attached hydrogens (tertiary/aromatic N) is 1. The molecule has 22 heavy (non-hydrogen) atoms. The van der Waals surface area contributed by atoms with Crippen LogP contribution in [0.2, 0.25) is 0 Å². The van der Waals surface area contributed by atoms with Gasteiger partial charge in [-0.1, -0.05) is 36.0 Å². The third kappa shape index (κ3) is 2.90. The van der Waals surface area contributed by atoms with Crippen LogP contribution in [0.25, 0.3) is 0 Å². The largest absolute Gasteiger partial charge is 0.278 e. The topological polar surface area (TPSA) is 44.2 Å². The lowest BCUT2D eigenvalue weighted by molar-refractivity contribution is -0.115. The average Bonchev–Trinajstić information content (AvgIpc) is 2.80. The summed E-state index contributed by atoms with van der Waals surface area (Å²) in [6.07, 6.45) is 0.523. The zero-order valence-corrected chi connectivity index (χ0v) is 12.9. The van der Waals surface area contributed by atoms with E-state index in [-0.39, 0.29) is 16.9 Å². The van der Waals surface area contributed by atoms with Crippen molar-refractivity contribution in [1.82, 2.24) is 0 Å². The van der Waals surface area contributed by atoms with Gasteiger partial charge in [0.1, 0.15) is 5.82 Å². The van der Waals surface area contributed by atoms with E-state index in [0.29, 0.717) is 12.2 Å². The monoisotopic (exact) mass is 314 g/mol. The maximum Gasteiger partial charge on any atom is 0.243 e. The number of rotatable bonds is 3. The molecule has 0 spiro atoms. The van der Waals surface area contributed by atoms with Gasteiger partial charge in [-0.05, 0) is 48.2 Å². The molecule has 3 rings (SSSR count). The van der Waals surface area contributed by atoms with Gasteiger partial charge >= 0.3 is 0 Å². The summed E-state index contributed by atoms with van der Waals surface area (Å²) in [7, 11) is 0. The Kier molecular flexibility index (Phi) is 3.98. The van der Waals surface area contributed by atoms with Gasteiger partial charge in [0.25, 0.3) is 0 Å². The Morgan fingerprint density at radius 2 is 2.09 bits per heavy atom. The molecular weight excluding hydrogens is 299 g/mol. The molecule has 0 aromatic heterocycles. The quantitative estimate of drug-likeness (QED) is 0.938. The van der Waals surface area contributed by atoms with Gasteiger partial charge < -0.3 is 0 Å². The van der Waals surface area contributed by atoms with Crippen LogP contribution in [0, 0.1) is 18.2 Å². The summed E-state index contributed by atoms with van der Waals surface area (Å²) in [5.41, 5.74) is 3.51. The van der Waals surface area contributed by atoms with Crippen LogP contribution in [0.15, 0.2) is 42.5 Å². The third-order valence-corrected chi connectivity index (χ3v) is 4.40. The lowest BCUT2D eigenvalue weighted by Gasteiger charge is -2.20. The average molecular weight is 314 g/mol. The Labute approximate surface area is 132 Å². The summed E-state index contributed by atoms with van der Waals surface area (Å²) in [6, 6.07) is 12.3.